The van der Waals surface area contributed by atoms with Crippen molar-refractivity contribution in [3.63, 3.8) is 0 Å². The molecule has 0 bridgehead atoms. The molecule has 0 aliphatic rings. The van der Waals surface area contributed by atoms with E-state index >= 15 is 0 Å². The lowest BCUT2D eigenvalue weighted by Gasteiger charge is -2.20. The topological polar surface area (TPSA) is 172 Å². The number of aliphatic carboxylic acids is 1. The third-order valence-corrected chi connectivity index (χ3v) is 11.5. The van der Waals surface area contributed by atoms with Gasteiger partial charge in [-0.05, 0) is 38.5 Å². The number of hydrogen-bond acceptors (Lipinski definition) is 9. The van der Waals surface area contributed by atoms with E-state index in [-0.39, 0.29) is 19.4 Å². The number of carboxylic acid groups (broad SMARTS) is 1. The van der Waals surface area contributed by atoms with E-state index in [0.29, 0.717) is 12.8 Å². The number of unbranched alkanes of at least 4 members (excludes halogenated alkanes) is 29. The molecule has 0 amide bonds. The van der Waals surface area contributed by atoms with Crippen LogP contribution in [0.25, 0.3) is 0 Å². The van der Waals surface area contributed by atoms with Crippen LogP contribution < -0.4 is 5.73 Å². The Balaban J connectivity index is 4.28. The van der Waals surface area contributed by atoms with Crippen LogP contribution in [0.4, 0.5) is 0 Å². The number of rotatable bonds is 45. The predicted octanol–water partition coefficient (Wildman–Crippen LogP) is 12.8. The molecule has 0 spiro atoms. The lowest BCUT2D eigenvalue weighted by atomic mass is 10.0. The van der Waals surface area contributed by atoms with Gasteiger partial charge in [0.2, 0.25) is 0 Å². The quantitative estimate of drug-likeness (QED) is 0.0230. The van der Waals surface area contributed by atoms with E-state index in [9.17, 15) is 23.8 Å². The Hall–Kier alpha value is -1.78. The largest absolute Gasteiger partial charge is 0.480 e. The highest BCUT2D eigenvalue weighted by atomic mass is 31.2. The van der Waals surface area contributed by atoms with Gasteiger partial charge in [-0.2, -0.15) is 0 Å². The molecule has 0 aromatic rings. The smallest absolute Gasteiger partial charge is 0.472 e. The number of carboxylic acids is 1. The van der Waals surface area contributed by atoms with Crippen LogP contribution in [0.15, 0.2) is 12.2 Å². The van der Waals surface area contributed by atoms with Crippen LogP contribution in [0.1, 0.15) is 232 Å². The van der Waals surface area contributed by atoms with Crippen molar-refractivity contribution < 1.29 is 47.5 Å². The van der Waals surface area contributed by atoms with Crippen LogP contribution in [-0.2, 0) is 37.5 Å². The Kier molecular flexibility index (Phi) is 40.6. The molecule has 3 unspecified atom stereocenters. The van der Waals surface area contributed by atoms with Gasteiger partial charge in [0.05, 0.1) is 13.2 Å². The molecule has 0 aliphatic heterocycles. The fourth-order valence-corrected chi connectivity index (χ4v) is 7.55. The van der Waals surface area contributed by atoms with Crippen molar-refractivity contribution in [1.29, 1.82) is 0 Å². The summed E-state index contributed by atoms with van der Waals surface area (Å²) in [6.07, 6.45) is 42.7. The van der Waals surface area contributed by atoms with Gasteiger partial charge in [-0.1, -0.05) is 193 Å². The highest BCUT2D eigenvalue weighted by Gasteiger charge is 2.28. The number of carbonyl (C=O) groups is 3. The second kappa shape index (κ2) is 41.9. The maximum Gasteiger partial charge on any atom is 0.472 e. The molecule has 0 aromatic heterocycles. The number of phosphoric ester groups is 1. The molecule has 58 heavy (non-hydrogen) atoms. The Labute approximate surface area is 354 Å². The van der Waals surface area contributed by atoms with Gasteiger partial charge in [-0.15, -0.1) is 0 Å². The van der Waals surface area contributed by atoms with Gasteiger partial charge in [-0.25, -0.2) is 4.57 Å². The molecule has 0 saturated heterocycles. The summed E-state index contributed by atoms with van der Waals surface area (Å²) in [5, 5.41) is 8.90. The van der Waals surface area contributed by atoms with Crippen LogP contribution >= 0.6 is 7.82 Å². The summed E-state index contributed by atoms with van der Waals surface area (Å²) in [7, 11) is -4.71. The highest BCUT2D eigenvalue weighted by Crippen LogP contribution is 2.43. The lowest BCUT2D eigenvalue weighted by Crippen LogP contribution is -2.34. The second-order valence-corrected chi connectivity index (χ2v) is 17.7. The van der Waals surface area contributed by atoms with Crippen LogP contribution in [0.5, 0.6) is 0 Å². The van der Waals surface area contributed by atoms with Gasteiger partial charge in [0.1, 0.15) is 12.6 Å². The molecule has 0 radical (unpaired) electrons. The number of nitrogens with two attached hydrogens (primary N) is 1. The Morgan fingerprint density at radius 1 is 0.517 bits per heavy atom. The van der Waals surface area contributed by atoms with Gasteiger partial charge < -0.3 is 25.2 Å². The van der Waals surface area contributed by atoms with E-state index in [1.54, 1.807) is 0 Å². The van der Waals surface area contributed by atoms with E-state index in [4.69, 9.17) is 24.8 Å². The van der Waals surface area contributed by atoms with Crippen LogP contribution in [0, 0.1) is 0 Å². The summed E-state index contributed by atoms with van der Waals surface area (Å²) in [4.78, 5) is 46.0. The highest BCUT2D eigenvalue weighted by molar-refractivity contribution is 7.47. The average molecular weight is 846 g/mol. The minimum Gasteiger partial charge on any atom is -0.480 e. The monoisotopic (exact) mass is 846 g/mol. The molecule has 3 atom stereocenters. The summed E-state index contributed by atoms with van der Waals surface area (Å²) >= 11 is 0. The van der Waals surface area contributed by atoms with Crippen molar-refractivity contribution in [3.05, 3.63) is 12.2 Å². The van der Waals surface area contributed by atoms with Crippen molar-refractivity contribution in [1.82, 2.24) is 0 Å². The Morgan fingerprint density at radius 3 is 1.26 bits per heavy atom. The molecule has 342 valence electrons. The number of phosphoric acid groups is 1. The fourth-order valence-electron chi connectivity index (χ4n) is 6.77. The zero-order chi connectivity index (χ0) is 42.8. The zero-order valence-electron chi connectivity index (χ0n) is 37.2. The summed E-state index contributed by atoms with van der Waals surface area (Å²) < 4.78 is 32.8. The summed E-state index contributed by atoms with van der Waals surface area (Å²) in [6.45, 7) is 2.83. The lowest BCUT2D eigenvalue weighted by molar-refractivity contribution is -0.161. The number of ether oxygens (including phenoxy) is 2. The number of allylic oxidation sites excluding steroid dienone is 2. The molecule has 0 rings (SSSR count). The predicted molar refractivity (Wildman–Crippen MR) is 236 cm³/mol. The standard InChI is InChI=1S/C46H88NO10P/c1-3-5-7-9-11-13-15-17-19-21-22-24-25-27-29-31-33-35-37-44(48)54-39-42(40-55-58(52,53)56-41-43(47)46(50)51)57-45(49)38-36-34-32-30-28-26-23-20-18-16-14-12-10-8-6-4-2/h20,23,42-43H,3-19,21-22,24-41,47H2,1-2H3,(H,50,51)(H,52,53)/b23-20-. The molecule has 0 saturated carbocycles. The minimum absolute atomic E-state index is 0.156. The number of esters is 2. The molecule has 12 heteroatoms. The van der Waals surface area contributed by atoms with Gasteiger partial charge in [0, 0.05) is 12.8 Å². The van der Waals surface area contributed by atoms with E-state index < -0.39 is 51.1 Å². The van der Waals surface area contributed by atoms with Crippen molar-refractivity contribution in [2.45, 2.75) is 244 Å². The first-order valence-electron chi connectivity index (χ1n) is 23.7. The van der Waals surface area contributed by atoms with Gasteiger partial charge in [0.25, 0.3) is 0 Å². The van der Waals surface area contributed by atoms with E-state index in [1.807, 2.05) is 0 Å². The Morgan fingerprint density at radius 2 is 0.862 bits per heavy atom. The fraction of sp³-hybridized carbons (Fsp3) is 0.891. The molecule has 4 N–H and O–H groups in total. The van der Waals surface area contributed by atoms with Crippen molar-refractivity contribution in [2.75, 3.05) is 19.8 Å². The number of hydrogen-bond donors (Lipinski definition) is 3. The van der Waals surface area contributed by atoms with Gasteiger partial charge >= 0.3 is 25.7 Å². The minimum atomic E-state index is -4.71. The van der Waals surface area contributed by atoms with Crippen LogP contribution in [0.3, 0.4) is 0 Å². The summed E-state index contributed by atoms with van der Waals surface area (Å²) in [5.41, 5.74) is 5.34. The average Bonchev–Trinajstić information content (AvgIpc) is 3.20. The van der Waals surface area contributed by atoms with Crippen LogP contribution in [0.2, 0.25) is 0 Å². The molecule has 0 aliphatic carbocycles. The normalized spacial score (nSPS) is 13.7. The van der Waals surface area contributed by atoms with Crippen molar-refractivity contribution >= 4 is 25.7 Å². The maximum atomic E-state index is 12.6. The van der Waals surface area contributed by atoms with Crippen molar-refractivity contribution in [2.24, 2.45) is 5.73 Å². The van der Waals surface area contributed by atoms with E-state index in [0.717, 1.165) is 57.8 Å². The Bertz CT molecular complexity index is 1040. The maximum absolute atomic E-state index is 12.6. The number of carbonyl (C=O) groups excluding carboxylic acids is 2. The van der Waals surface area contributed by atoms with E-state index in [2.05, 4.69) is 30.5 Å². The summed E-state index contributed by atoms with van der Waals surface area (Å²) in [6, 6.07) is -1.52. The molecule has 0 heterocycles. The first kappa shape index (κ1) is 56.2. The molecule has 0 fully saturated rings. The first-order valence-corrected chi connectivity index (χ1v) is 25.2. The first-order chi connectivity index (χ1) is 28.1. The zero-order valence-corrected chi connectivity index (χ0v) is 38.1. The molecular weight excluding hydrogens is 757 g/mol. The molecule has 0 aromatic carbocycles. The third kappa shape index (κ3) is 41.0. The molecular formula is C46H88NO10P. The van der Waals surface area contributed by atoms with Gasteiger partial charge in [0.15, 0.2) is 6.10 Å². The molecule has 11 nitrogen and oxygen atoms in total. The third-order valence-electron chi connectivity index (χ3n) is 10.5. The van der Waals surface area contributed by atoms with Gasteiger partial charge in [-0.3, -0.25) is 23.4 Å². The van der Waals surface area contributed by atoms with E-state index in [1.165, 1.54) is 135 Å². The summed E-state index contributed by atoms with van der Waals surface area (Å²) in [5.74, 6) is -2.37. The second-order valence-electron chi connectivity index (χ2n) is 16.2. The van der Waals surface area contributed by atoms with Crippen molar-refractivity contribution in [3.8, 4) is 0 Å². The van der Waals surface area contributed by atoms with Crippen LogP contribution in [-0.4, -0.2) is 59.9 Å². The SMILES string of the molecule is CCCCCCCCC/C=C\CCCCCCCC(=O)OC(COC(=O)CCCCCCCCCCCCCCCCCCCC)COP(=O)(O)OCC(N)C(=O)O.